The Bertz CT molecular complexity index is 1230. The second kappa shape index (κ2) is 9.44. The van der Waals surface area contributed by atoms with Crippen LogP contribution in [0, 0.1) is 5.82 Å². The van der Waals surface area contributed by atoms with E-state index in [1.807, 2.05) is 6.92 Å². The molecule has 2 aromatic rings. The number of fused-ring (bicyclic) bond motifs is 1. The third-order valence-corrected chi connectivity index (χ3v) is 8.19. The van der Waals surface area contributed by atoms with E-state index in [-0.39, 0.29) is 10.7 Å². The Morgan fingerprint density at radius 3 is 2.56 bits per heavy atom. The Morgan fingerprint density at radius 1 is 1.06 bits per heavy atom. The van der Waals surface area contributed by atoms with Crippen molar-refractivity contribution < 1.29 is 30.7 Å². The number of alkyl halides is 3. The van der Waals surface area contributed by atoms with Crippen LogP contribution in [0.2, 0.25) is 0 Å². The SMILES string of the molecule is CC1=CC=C(S(=O)(=O)N2c3cc(F)ccc3CCC2CCc2cccc(OC(F)(F)F)c2)CC1. The number of allylic oxidation sites excluding steroid dienone is 4. The fraction of sp³-hybridized carbons (Fsp3) is 0.360. The van der Waals surface area contributed by atoms with Crippen molar-refractivity contribution in [3.05, 3.63) is 82.0 Å². The van der Waals surface area contributed by atoms with Gasteiger partial charge < -0.3 is 4.74 Å². The molecule has 34 heavy (non-hydrogen) atoms. The number of ether oxygens (including phenoxy) is 1. The number of hydrogen-bond acceptors (Lipinski definition) is 3. The van der Waals surface area contributed by atoms with Crippen LogP contribution in [0.3, 0.4) is 0 Å². The van der Waals surface area contributed by atoms with Crippen LogP contribution >= 0.6 is 0 Å². The maximum atomic E-state index is 14.2. The highest BCUT2D eigenvalue weighted by molar-refractivity contribution is 7.96. The summed E-state index contributed by atoms with van der Waals surface area (Å²) in [6.07, 6.45) is 1.43. The van der Waals surface area contributed by atoms with Gasteiger partial charge in [0, 0.05) is 6.04 Å². The van der Waals surface area contributed by atoms with Gasteiger partial charge in [0.25, 0.3) is 10.0 Å². The van der Waals surface area contributed by atoms with Crippen molar-refractivity contribution in [1.29, 1.82) is 0 Å². The number of aryl methyl sites for hydroxylation is 2. The molecule has 2 aromatic carbocycles. The number of rotatable bonds is 6. The molecule has 9 heteroatoms. The smallest absolute Gasteiger partial charge is 0.406 e. The first-order valence-electron chi connectivity index (χ1n) is 11.1. The van der Waals surface area contributed by atoms with Gasteiger partial charge in [0.15, 0.2) is 0 Å². The number of nitrogens with zero attached hydrogens (tertiary/aromatic N) is 1. The molecule has 0 fully saturated rings. The Labute approximate surface area is 196 Å². The first-order chi connectivity index (χ1) is 16.0. The molecular weight excluding hydrogens is 470 g/mol. The van der Waals surface area contributed by atoms with Crippen LogP contribution in [0.15, 0.2) is 65.1 Å². The van der Waals surface area contributed by atoms with E-state index in [1.54, 1.807) is 24.3 Å². The van der Waals surface area contributed by atoms with Crippen LogP contribution in [0.4, 0.5) is 23.2 Å². The molecule has 1 unspecified atom stereocenters. The van der Waals surface area contributed by atoms with Crippen molar-refractivity contribution in [3.8, 4) is 5.75 Å². The average Bonchev–Trinajstić information content (AvgIpc) is 2.76. The predicted molar refractivity (Wildman–Crippen MR) is 122 cm³/mol. The molecule has 0 bridgehead atoms. The molecule has 1 heterocycles. The van der Waals surface area contributed by atoms with Crippen molar-refractivity contribution in [3.63, 3.8) is 0 Å². The molecule has 0 N–H and O–H groups in total. The first kappa shape index (κ1) is 24.3. The minimum atomic E-state index is -4.79. The van der Waals surface area contributed by atoms with Crippen LogP contribution in [0.25, 0.3) is 0 Å². The largest absolute Gasteiger partial charge is 0.573 e. The molecule has 182 valence electrons. The number of halogens is 4. The van der Waals surface area contributed by atoms with Gasteiger partial charge in [-0.1, -0.05) is 29.8 Å². The van der Waals surface area contributed by atoms with E-state index in [9.17, 15) is 26.0 Å². The fourth-order valence-corrected chi connectivity index (χ4v) is 6.36. The second-order valence-electron chi connectivity index (χ2n) is 8.65. The maximum Gasteiger partial charge on any atom is 0.573 e. The highest BCUT2D eigenvalue weighted by Crippen LogP contribution is 2.39. The molecule has 0 radical (unpaired) electrons. The van der Waals surface area contributed by atoms with Crippen molar-refractivity contribution in [2.75, 3.05) is 4.31 Å². The van der Waals surface area contributed by atoms with Crippen molar-refractivity contribution >= 4 is 15.7 Å². The first-order valence-corrected chi connectivity index (χ1v) is 12.5. The van der Waals surface area contributed by atoms with E-state index in [2.05, 4.69) is 4.74 Å². The molecule has 4 nitrogen and oxygen atoms in total. The van der Waals surface area contributed by atoms with Crippen molar-refractivity contribution in [1.82, 2.24) is 0 Å². The molecule has 1 aliphatic heterocycles. The number of benzene rings is 2. The van der Waals surface area contributed by atoms with Crippen LogP contribution in [0.5, 0.6) is 5.75 Å². The van der Waals surface area contributed by atoms with Crippen LogP contribution in [0.1, 0.15) is 43.7 Å². The van der Waals surface area contributed by atoms with Gasteiger partial charge in [-0.15, -0.1) is 13.2 Å². The summed E-state index contributed by atoms with van der Waals surface area (Å²) in [6, 6.07) is 9.40. The van der Waals surface area contributed by atoms with E-state index in [1.165, 1.54) is 34.6 Å². The zero-order valence-electron chi connectivity index (χ0n) is 18.6. The summed E-state index contributed by atoms with van der Waals surface area (Å²) in [5.74, 6) is -0.843. The lowest BCUT2D eigenvalue weighted by Crippen LogP contribution is -2.44. The van der Waals surface area contributed by atoms with E-state index in [4.69, 9.17) is 0 Å². The molecule has 1 atom stereocenters. The van der Waals surface area contributed by atoms with Gasteiger partial charge >= 0.3 is 6.36 Å². The molecule has 1 aliphatic carbocycles. The monoisotopic (exact) mass is 495 g/mol. The Balaban J connectivity index is 1.63. The Hall–Kier alpha value is -2.81. The lowest BCUT2D eigenvalue weighted by molar-refractivity contribution is -0.274. The van der Waals surface area contributed by atoms with Gasteiger partial charge in [-0.3, -0.25) is 4.31 Å². The minimum Gasteiger partial charge on any atom is -0.406 e. The van der Waals surface area contributed by atoms with Gasteiger partial charge in [0.05, 0.1) is 10.6 Å². The summed E-state index contributed by atoms with van der Waals surface area (Å²) in [5, 5.41) is 0. The molecule has 0 saturated heterocycles. The fourth-order valence-electron chi connectivity index (χ4n) is 4.47. The van der Waals surface area contributed by atoms with Gasteiger partial charge in [0.2, 0.25) is 0 Å². The van der Waals surface area contributed by atoms with Crippen LogP contribution in [-0.4, -0.2) is 20.8 Å². The standard InChI is InChI=1S/C25H25F4NO3S/c1-17-5-13-23(14-6-17)34(31,32)30-21(12-9-19-8-10-20(26)16-24(19)30)11-7-18-3-2-4-22(15-18)33-25(27,28)29/h2-5,8,10,13,15-16,21H,6-7,9,11-12,14H2,1H3. The van der Waals surface area contributed by atoms with Crippen LogP contribution < -0.4 is 9.04 Å². The van der Waals surface area contributed by atoms with Crippen molar-refractivity contribution in [2.45, 2.75) is 57.9 Å². The van der Waals surface area contributed by atoms with E-state index < -0.39 is 28.2 Å². The molecule has 0 saturated carbocycles. The predicted octanol–water partition coefficient (Wildman–Crippen LogP) is 6.43. The quantitative estimate of drug-likeness (QED) is 0.434. The maximum absolute atomic E-state index is 14.2. The minimum absolute atomic E-state index is 0.279. The average molecular weight is 496 g/mol. The molecular formula is C25H25F4NO3S. The normalized spacial score (nSPS) is 18.7. The highest BCUT2D eigenvalue weighted by Gasteiger charge is 2.37. The zero-order chi connectivity index (χ0) is 24.5. The topological polar surface area (TPSA) is 46.6 Å². The summed E-state index contributed by atoms with van der Waals surface area (Å²) in [5.41, 5.74) is 2.77. The third-order valence-electron chi connectivity index (χ3n) is 6.17. The van der Waals surface area contributed by atoms with Crippen LogP contribution in [-0.2, 0) is 22.9 Å². The Kier molecular flexibility index (Phi) is 6.75. The lowest BCUT2D eigenvalue weighted by Gasteiger charge is -2.39. The van der Waals surface area contributed by atoms with Gasteiger partial charge in [-0.05, 0) is 86.9 Å². The van der Waals surface area contributed by atoms with E-state index >= 15 is 0 Å². The summed E-state index contributed by atoms with van der Waals surface area (Å²) < 4.78 is 84.6. The third kappa shape index (κ3) is 5.46. The Morgan fingerprint density at radius 2 is 1.85 bits per heavy atom. The highest BCUT2D eigenvalue weighted by atomic mass is 32.2. The molecule has 2 aliphatic rings. The summed E-state index contributed by atoms with van der Waals surface area (Å²) >= 11 is 0. The molecule has 0 spiro atoms. The number of anilines is 1. The second-order valence-corrected chi connectivity index (χ2v) is 10.5. The molecule has 4 rings (SSSR count). The molecule has 0 amide bonds. The zero-order valence-corrected chi connectivity index (χ0v) is 19.4. The molecule has 0 aromatic heterocycles. The van der Waals surface area contributed by atoms with Crippen molar-refractivity contribution in [2.24, 2.45) is 0 Å². The van der Waals surface area contributed by atoms with Gasteiger partial charge in [0.1, 0.15) is 11.6 Å². The summed E-state index contributed by atoms with van der Waals surface area (Å²) in [7, 11) is -3.91. The number of hydrogen-bond donors (Lipinski definition) is 0. The summed E-state index contributed by atoms with van der Waals surface area (Å²) in [4.78, 5) is 0.279. The van der Waals surface area contributed by atoms with E-state index in [0.29, 0.717) is 49.8 Å². The van der Waals surface area contributed by atoms with E-state index in [0.717, 1.165) is 11.1 Å². The van der Waals surface area contributed by atoms with Gasteiger partial charge in [-0.25, -0.2) is 12.8 Å². The summed E-state index contributed by atoms with van der Waals surface area (Å²) in [6.45, 7) is 1.94. The lowest BCUT2D eigenvalue weighted by atomic mass is 9.94. The number of sulfonamides is 1. The van der Waals surface area contributed by atoms with Gasteiger partial charge in [-0.2, -0.15) is 0 Å².